The van der Waals surface area contributed by atoms with E-state index in [2.05, 4.69) is 10.3 Å². The number of nitrogens with zero attached hydrogens (tertiary/aromatic N) is 1. The van der Waals surface area contributed by atoms with Gasteiger partial charge in [0.2, 0.25) is 5.91 Å². The fourth-order valence-electron chi connectivity index (χ4n) is 5.28. The van der Waals surface area contributed by atoms with Gasteiger partial charge in [0, 0.05) is 16.8 Å². The van der Waals surface area contributed by atoms with Crippen LogP contribution in [0.25, 0.3) is 0 Å². The molecule has 1 aromatic rings. The molecule has 7 nitrogen and oxygen atoms in total. The third kappa shape index (κ3) is 2.31. The Labute approximate surface area is 143 Å². The molecule has 5 rings (SSSR count). The molecule has 8 heteroatoms. The quantitative estimate of drug-likeness (QED) is 0.738. The molecule has 4 bridgehead atoms. The third-order valence-corrected chi connectivity index (χ3v) is 6.90. The molecular weight excluding hydrogens is 328 g/mol. The van der Waals surface area contributed by atoms with Gasteiger partial charge >= 0.3 is 0 Å². The Kier molecular flexibility index (Phi) is 3.42. The summed E-state index contributed by atoms with van der Waals surface area (Å²) in [6, 6.07) is 0.0558. The molecule has 4 aliphatic carbocycles. The molecule has 0 saturated heterocycles. The highest BCUT2D eigenvalue weighted by molar-refractivity contribution is 7.11. The number of rotatable bonds is 4. The summed E-state index contributed by atoms with van der Waals surface area (Å²) >= 11 is 1.07. The first-order chi connectivity index (χ1) is 11.4. The highest BCUT2D eigenvalue weighted by atomic mass is 32.1. The molecule has 1 aromatic heterocycles. The van der Waals surface area contributed by atoms with E-state index < -0.39 is 5.91 Å². The zero-order valence-electron chi connectivity index (χ0n) is 13.2. The van der Waals surface area contributed by atoms with Crippen LogP contribution in [0, 0.1) is 23.2 Å². The van der Waals surface area contributed by atoms with E-state index in [0.717, 1.165) is 43.4 Å². The standard InChI is InChI=1S/C16H20N4O3S/c17-12(21)14-19-10(6-24-14)13(22)20-11-8-1-7-2-9(11)5-16(3-7,4-8)15(18)23/h6-9,11H,1-5H2,(H2,17,21)(H2,18,23)(H,20,22). The molecule has 2 atom stereocenters. The molecule has 5 N–H and O–H groups in total. The fraction of sp³-hybridized carbons (Fsp3) is 0.625. The molecule has 4 saturated carbocycles. The van der Waals surface area contributed by atoms with Crippen molar-refractivity contribution in [3.63, 3.8) is 0 Å². The Morgan fingerprint density at radius 2 is 1.83 bits per heavy atom. The molecule has 4 fully saturated rings. The van der Waals surface area contributed by atoms with Crippen LogP contribution >= 0.6 is 11.3 Å². The van der Waals surface area contributed by atoms with Gasteiger partial charge in [-0.3, -0.25) is 14.4 Å². The highest BCUT2D eigenvalue weighted by Crippen LogP contribution is 2.59. The lowest BCUT2D eigenvalue weighted by Gasteiger charge is -2.58. The predicted molar refractivity (Wildman–Crippen MR) is 87.1 cm³/mol. The van der Waals surface area contributed by atoms with Gasteiger partial charge in [-0.05, 0) is 49.9 Å². The normalized spacial score (nSPS) is 36.5. The zero-order valence-corrected chi connectivity index (χ0v) is 14.0. The number of amides is 3. The number of hydrogen-bond donors (Lipinski definition) is 3. The van der Waals surface area contributed by atoms with E-state index in [1.807, 2.05) is 0 Å². The van der Waals surface area contributed by atoms with Crippen LogP contribution in [-0.4, -0.2) is 28.7 Å². The van der Waals surface area contributed by atoms with Crippen LogP contribution in [0.15, 0.2) is 5.38 Å². The number of hydrogen-bond acceptors (Lipinski definition) is 5. The van der Waals surface area contributed by atoms with Gasteiger partial charge in [0.25, 0.3) is 11.8 Å². The molecule has 0 aromatic carbocycles. The van der Waals surface area contributed by atoms with Crippen LogP contribution in [0.2, 0.25) is 0 Å². The van der Waals surface area contributed by atoms with Crippen molar-refractivity contribution in [2.75, 3.05) is 0 Å². The van der Waals surface area contributed by atoms with Gasteiger partial charge in [-0.25, -0.2) is 4.98 Å². The van der Waals surface area contributed by atoms with E-state index in [-0.39, 0.29) is 34.0 Å². The maximum absolute atomic E-state index is 12.5. The van der Waals surface area contributed by atoms with Gasteiger partial charge in [-0.15, -0.1) is 11.3 Å². The summed E-state index contributed by atoms with van der Waals surface area (Å²) in [6.07, 6.45) is 4.53. The maximum atomic E-state index is 12.5. The zero-order chi connectivity index (χ0) is 17.1. The first kappa shape index (κ1) is 15.6. The van der Waals surface area contributed by atoms with Crippen molar-refractivity contribution in [1.29, 1.82) is 0 Å². The van der Waals surface area contributed by atoms with Crippen molar-refractivity contribution in [3.05, 3.63) is 16.1 Å². The Morgan fingerprint density at radius 3 is 2.38 bits per heavy atom. The minimum Gasteiger partial charge on any atom is -0.369 e. The maximum Gasteiger partial charge on any atom is 0.277 e. The summed E-state index contributed by atoms with van der Waals surface area (Å²) in [5.41, 5.74) is 10.7. The lowest BCUT2D eigenvalue weighted by molar-refractivity contribution is -0.145. The largest absolute Gasteiger partial charge is 0.369 e. The number of carbonyl (C=O) groups is 3. The second-order valence-corrected chi connectivity index (χ2v) is 8.37. The van der Waals surface area contributed by atoms with Crippen molar-refractivity contribution in [2.24, 2.45) is 34.6 Å². The van der Waals surface area contributed by atoms with Crippen LogP contribution < -0.4 is 16.8 Å². The van der Waals surface area contributed by atoms with E-state index in [1.54, 1.807) is 5.38 Å². The lowest BCUT2D eigenvalue weighted by atomic mass is 9.47. The second kappa shape index (κ2) is 5.27. The van der Waals surface area contributed by atoms with E-state index in [0.29, 0.717) is 17.8 Å². The van der Waals surface area contributed by atoms with Gasteiger partial charge in [0.15, 0.2) is 5.01 Å². The van der Waals surface area contributed by atoms with Crippen molar-refractivity contribution in [2.45, 2.75) is 38.1 Å². The molecule has 2 unspecified atom stereocenters. The first-order valence-corrected chi connectivity index (χ1v) is 9.12. The molecule has 3 amide bonds. The van der Waals surface area contributed by atoms with Gasteiger partial charge in [-0.1, -0.05) is 0 Å². The van der Waals surface area contributed by atoms with Gasteiger partial charge < -0.3 is 16.8 Å². The fourth-order valence-corrected chi connectivity index (χ4v) is 5.93. The van der Waals surface area contributed by atoms with E-state index >= 15 is 0 Å². The second-order valence-electron chi connectivity index (χ2n) is 7.52. The monoisotopic (exact) mass is 348 g/mol. The van der Waals surface area contributed by atoms with Crippen molar-refractivity contribution in [3.8, 4) is 0 Å². The third-order valence-electron chi connectivity index (χ3n) is 6.04. The first-order valence-electron chi connectivity index (χ1n) is 8.24. The van der Waals surface area contributed by atoms with Gasteiger partial charge in [-0.2, -0.15) is 0 Å². The summed E-state index contributed by atoms with van der Waals surface area (Å²) < 4.78 is 0. The van der Waals surface area contributed by atoms with Crippen LogP contribution in [0.1, 0.15) is 52.4 Å². The van der Waals surface area contributed by atoms with Crippen molar-refractivity contribution in [1.82, 2.24) is 10.3 Å². The van der Waals surface area contributed by atoms with Crippen LogP contribution in [-0.2, 0) is 4.79 Å². The summed E-state index contributed by atoms with van der Waals surface area (Å²) in [5, 5.41) is 4.78. The SMILES string of the molecule is NC(=O)c1nc(C(=O)NC2C3CC4CC2CC(C(N)=O)(C4)C3)cs1. The van der Waals surface area contributed by atoms with Crippen molar-refractivity contribution >= 4 is 29.1 Å². The van der Waals surface area contributed by atoms with Crippen molar-refractivity contribution < 1.29 is 14.4 Å². The molecule has 0 aliphatic heterocycles. The Hall–Kier alpha value is -1.96. The number of thiazole rings is 1. The summed E-state index contributed by atoms with van der Waals surface area (Å²) in [5.74, 6) is 0.0477. The molecule has 0 radical (unpaired) electrons. The van der Waals surface area contributed by atoms with E-state index in [4.69, 9.17) is 11.5 Å². The summed E-state index contributed by atoms with van der Waals surface area (Å²) in [7, 11) is 0. The molecule has 4 aliphatic rings. The minimum absolute atomic E-state index is 0.0558. The smallest absolute Gasteiger partial charge is 0.277 e. The summed E-state index contributed by atoms with van der Waals surface area (Å²) in [6.45, 7) is 0. The number of nitrogens with two attached hydrogens (primary N) is 2. The summed E-state index contributed by atoms with van der Waals surface area (Å²) in [4.78, 5) is 39.5. The highest BCUT2D eigenvalue weighted by Gasteiger charge is 2.58. The minimum atomic E-state index is -0.628. The van der Waals surface area contributed by atoms with E-state index in [9.17, 15) is 14.4 Å². The van der Waals surface area contributed by atoms with Crippen LogP contribution in [0.5, 0.6) is 0 Å². The molecular formula is C16H20N4O3S. The average Bonchev–Trinajstić information content (AvgIpc) is 3.00. The molecule has 128 valence electrons. The van der Waals surface area contributed by atoms with Gasteiger partial charge in [0.1, 0.15) is 5.69 Å². The molecule has 24 heavy (non-hydrogen) atoms. The Morgan fingerprint density at radius 1 is 1.17 bits per heavy atom. The topological polar surface area (TPSA) is 128 Å². The van der Waals surface area contributed by atoms with Crippen LogP contribution in [0.4, 0.5) is 0 Å². The molecule has 0 spiro atoms. The predicted octanol–water partition coefficient (Wildman–Crippen LogP) is 0.652. The number of carbonyl (C=O) groups excluding carboxylic acids is 3. The average molecular weight is 348 g/mol. The lowest BCUT2D eigenvalue weighted by Crippen LogP contribution is -2.62. The Balaban J connectivity index is 1.51. The number of aromatic nitrogens is 1. The van der Waals surface area contributed by atoms with Gasteiger partial charge in [0.05, 0.1) is 0 Å². The molecule has 1 heterocycles. The number of nitrogens with one attached hydrogen (secondary N) is 1. The Bertz CT molecular complexity index is 715. The van der Waals surface area contributed by atoms with E-state index in [1.165, 1.54) is 0 Å². The van der Waals surface area contributed by atoms with Crippen LogP contribution in [0.3, 0.4) is 0 Å². The number of primary amides is 2.